The van der Waals surface area contributed by atoms with Crippen LogP contribution < -0.4 is 4.74 Å². The second-order valence-corrected chi connectivity index (χ2v) is 5.58. The zero-order valence-electron chi connectivity index (χ0n) is 10.9. The van der Waals surface area contributed by atoms with Crippen LogP contribution >= 0.6 is 11.6 Å². The summed E-state index contributed by atoms with van der Waals surface area (Å²) in [5.41, 5.74) is -0.445. The van der Waals surface area contributed by atoms with E-state index in [1.807, 2.05) is 0 Å². The Balaban J connectivity index is 2.56. The molecule has 104 valence electrons. The lowest BCUT2D eigenvalue weighted by atomic mass is 9.86. The number of hydrogen-bond donors (Lipinski definition) is 2. The van der Waals surface area contributed by atoms with E-state index in [9.17, 15) is 15.1 Å². The Kier molecular flexibility index (Phi) is 3.47. The second kappa shape index (κ2) is 4.67. The lowest BCUT2D eigenvalue weighted by Crippen LogP contribution is -2.53. The molecule has 0 saturated heterocycles. The molecule has 1 amide bonds. The molecular formula is C13H16ClNO4. The third kappa shape index (κ3) is 2.41. The van der Waals surface area contributed by atoms with Gasteiger partial charge < -0.3 is 9.84 Å². The van der Waals surface area contributed by atoms with Gasteiger partial charge >= 0.3 is 0 Å². The highest BCUT2D eigenvalue weighted by Crippen LogP contribution is 2.43. The van der Waals surface area contributed by atoms with Crippen molar-refractivity contribution >= 4 is 17.5 Å². The average molecular weight is 286 g/mol. The van der Waals surface area contributed by atoms with Gasteiger partial charge in [-0.05, 0) is 32.0 Å². The summed E-state index contributed by atoms with van der Waals surface area (Å²) in [5.74, 6) is -0.0716. The number of carbonyl (C=O) groups is 1. The van der Waals surface area contributed by atoms with Gasteiger partial charge in [0.1, 0.15) is 23.5 Å². The summed E-state index contributed by atoms with van der Waals surface area (Å²) in [6.45, 7) is 4.60. The summed E-state index contributed by atoms with van der Waals surface area (Å²) in [6.07, 6.45) is -1.08. The van der Waals surface area contributed by atoms with Crippen molar-refractivity contribution in [2.45, 2.75) is 38.5 Å². The molecule has 0 saturated carbocycles. The van der Waals surface area contributed by atoms with E-state index in [1.54, 1.807) is 32.0 Å². The lowest BCUT2D eigenvalue weighted by Gasteiger charge is -2.44. The van der Waals surface area contributed by atoms with Gasteiger partial charge in [-0.1, -0.05) is 11.6 Å². The van der Waals surface area contributed by atoms with Crippen LogP contribution in [0.15, 0.2) is 18.2 Å². The van der Waals surface area contributed by atoms with Crippen molar-refractivity contribution in [1.82, 2.24) is 5.06 Å². The van der Waals surface area contributed by atoms with Crippen LogP contribution in [0.1, 0.15) is 32.4 Å². The fourth-order valence-corrected chi connectivity index (χ4v) is 2.38. The van der Waals surface area contributed by atoms with E-state index < -0.39 is 23.7 Å². The minimum absolute atomic E-state index is 0.441. The van der Waals surface area contributed by atoms with Crippen LogP contribution in [0.4, 0.5) is 0 Å². The first kappa shape index (κ1) is 14.1. The molecule has 6 heteroatoms. The van der Waals surface area contributed by atoms with E-state index >= 15 is 0 Å². The molecule has 2 N–H and O–H groups in total. The monoisotopic (exact) mass is 285 g/mol. The number of aliphatic hydroxyl groups is 1. The van der Waals surface area contributed by atoms with Crippen LogP contribution in [0.25, 0.3) is 0 Å². The van der Waals surface area contributed by atoms with Crippen molar-refractivity contribution in [2.24, 2.45) is 0 Å². The van der Waals surface area contributed by atoms with Crippen LogP contribution in [0.5, 0.6) is 5.75 Å². The normalized spacial score (nSPS) is 24.3. The maximum atomic E-state index is 11.4. The number of nitrogens with zero attached hydrogens (tertiary/aromatic N) is 1. The summed E-state index contributed by atoms with van der Waals surface area (Å²) in [4.78, 5) is 11.4. The lowest BCUT2D eigenvalue weighted by molar-refractivity contribution is -0.201. The van der Waals surface area contributed by atoms with Crippen LogP contribution in [-0.2, 0) is 4.79 Å². The molecule has 2 atom stereocenters. The van der Waals surface area contributed by atoms with Crippen LogP contribution in [0.3, 0.4) is 0 Å². The third-order valence-corrected chi connectivity index (χ3v) is 3.50. The Morgan fingerprint density at radius 2 is 2.11 bits per heavy atom. The van der Waals surface area contributed by atoms with Gasteiger partial charge in [-0.15, -0.1) is 0 Å². The largest absolute Gasteiger partial charge is 0.485 e. The molecule has 0 radical (unpaired) electrons. The predicted octanol–water partition coefficient (Wildman–Crippen LogP) is 2.15. The summed E-state index contributed by atoms with van der Waals surface area (Å²) >= 11 is 5.92. The number of fused-ring (bicyclic) bond motifs is 1. The fraction of sp³-hybridized carbons (Fsp3) is 0.462. The molecule has 1 aliphatic heterocycles. The molecule has 0 aliphatic carbocycles. The fourth-order valence-electron chi connectivity index (χ4n) is 2.20. The Bertz CT molecular complexity index is 517. The summed E-state index contributed by atoms with van der Waals surface area (Å²) in [7, 11) is 0. The molecule has 0 unspecified atom stereocenters. The van der Waals surface area contributed by atoms with Crippen molar-refractivity contribution in [2.75, 3.05) is 0 Å². The first-order valence-corrected chi connectivity index (χ1v) is 6.27. The number of carbonyl (C=O) groups excluding carboxylic acids is 1. The number of ether oxygens (including phenoxy) is 1. The van der Waals surface area contributed by atoms with Crippen LogP contribution in [0, 0.1) is 0 Å². The maximum absolute atomic E-state index is 11.4. The second-order valence-electron chi connectivity index (χ2n) is 5.14. The van der Waals surface area contributed by atoms with Gasteiger partial charge in [0.15, 0.2) is 0 Å². The molecule has 2 rings (SSSR count). The number of rotatable bonds is 1. The first-order valence-electron chi connectivity index (χ1n) is 5.89. The zero-order valence-corrected chi connectivity index (χ0v) is 11.7. The SMILES string of the molecule is CC(=O)N(O)[C@H]1c2cc(Cl)ccc2OC(C)(C)[C@@H]1O. The van der Waals surface area contributed by atoms with Crippen molar-refractivity contribution in [1.29, 1.82) is 0 Å². The number of amides is 1. The number of hydroxylamine groups is 2. The van der Waals surface area contributed by atoms with Crippen molar-refractivity contribution in [3.05, 3.63) is 28.8 Å². The van der Waals surface area contributed by atoms with E-state index in [4.69, 9.17) is 16.3 Å². The minimum atomic E-state index is -1.08. The van der Waals surface area contributed by atoms with E-state index in [-0.39, 0.29) is 0 Å². The average Bonchev–Trinajstić information content (AvgIpc) is 2.31. The minimum Gasteiger partial charge on any atom is -0.485 e. The first-order chi connectivity index (χ1) is 8.74. The Labute approximate surface area is 116 Å². The molecule has 1 aliphatic rings. The summed E-state index contributed by atoms with van der Waals surface area (Å²) < 4.78 is 5.69. The van der Waals surface area contributed by atoms with Gasteiger partial charge in [0.05, 0.1) is 0 Å². The predicted molar refractivity (Wildman–Crippen MR) is 69.2 cm³/mol. The molecule has 1 aromatic rings. The summed E-state index contributed by atoms with van der Waals surface area (Å²) in [5, 5.41) is 21.2. The Morgan fingerprint density at radius 1 is 1.47 bits per heavy atom. The van der Waals surface area contributed by atoms with Gasteiger partial charge in [0, 0.05) is 17.5 Å². The molecule has 0 aromatic heterocycles. The van der Waals surface area contributed by atoms with Crippen molar-refractivity contribution < 1.29 is 19.8 Å². The maximum Gasteiger partial charge on any atom is 0.243 e. The Morgan fingerprint density at radius 3 is 2.68 bits per heavy atom. The molecule has 19 heavy (non-hydrogen) atoms. The smallest absolute Gasteiger partial charge is 0.243 e. The number of benzene rings is 1. The Hall–Kier alpha value is -1.30. The molecular weight excluding hydrogens is 270 g/mol. The van der Waals surface area contributed by atoms with Gasteiger partial charge in [0.2, 0.25) is 5.91 Å². The highest BCUT2D eigenvalue weighted by Gasteiger charge is 2.46. The third-order valence-electron chi connectivity index (χ3n) is 3.26. The van der Waals surface area contributed by atoms with Crippen LogP contribution in [0.2, 0.25) is 5.02 Å². The standard InChI is InChI=1S/C13H16ClNO4/c1-7(16)15(18)11-9-6-8(14)4-5-10(9)19-13(2,3)12(11)17/h4-6,11-12,17-18H,1-3H3/t11-,12+/m0/s1. The molecule has 0 bridgehead atoms. The zero-order chi connectivity index (χ0) is 14.4. The summed E-state index contributed by atoms with van der Waals surface area (Å²) in [6, 6.07) is 3.98. The molecule has 1 heterocycles. The van der Waals surface area contributed by atoms with Crippen molar-refractivity contribution in [3.8, 4) is 5.75 Å². The van der Waals surface area contributed by atoms with E-state index in [2.05, 4.69) is 0 Å². The van der Waals surface area contributed by atoms with Gasteiger partial charge in [-0.25, -0.2) is 5.06 Å². The highest BCUT2D eigenvalue weighted by atomic mass is 35.5. The van der Waals surface area contributed by atoms with Gasteiger partial charge in [0.25, 0.3) is 0 Å². The van der Waals surface area contributed by atoms with E-state index in [0.29, 0.717) is 21.4 Å². The molecule has 0 fully saturated rings. The quantitative estimate of drug-likeness (QED) is 0.613. The molecule has 0 spiro atoms. The van der Waals surface area contributed by atoms with E-state index in [1.165, 1.54) is 6.92 Å². The van der Waals surface area contributed by atoms with Gasteiger partial charge in [-0.2, -0.15) is 0 Å². The molecule has 1 aromatic carbocycles. The number of hydrogen-bond acceptors (Lipinski definition) is 4. The topological polar surface area (TPSA) is 70.0 Å². The molecule has 5 nitrogen and oxygen atoms in total. The number of halogens is 1. The van der Waals surface area contributed by atoms with Crippen LogP contribution in [-0.4, -0.2) is 33.0 Å². The van der Waals surface area contributed by atoms with Crippen molar-refractivity contribution in [3.63, 3.8) is 0 Å². The van der Waals surface area contributed by atoms with E-state index in [0.717, 1.165) is 0 Å². The van der Waals surface area contributed by atoms with Gasteiger partial charge in [-0.3, -0.25) is 10.0 Å². The highest BCUT2D eigenvalue weighted by molar-refractivity contribution is 6.30. The number of aliphatic hydroxyl groups excluding tert-OH is 1.